The number of ether oxygens (including phenoxy) is 1. The van der Waals surface area contributed by atoms with Gasteiger partial charge in [0, 0.05) is 6.04 Å². The van der Waals surface area contributed by atoms with E-state index >= 15 is 0 Å². The second-order valence-corrected chi connectivity index (χ2v) is 6.69. The average molecular weight is 325 g/mol. The first-order valence-corrected chi connectivity index (χ1v) is 8.90. The molecule has 2 N–H and O–H groups in total. The zero-order chi connectivity index (χ0) is 16.8. The lowest BCUT2D eigenvalue weighted by atomic mass is 9.81. The molecule has 0 unspecified atom stereocenters. The quantitative estimate of drug-likeness (QED) is 0.834. The second kappa shape index (κ2) is 8.20. The molecule has 24 heavy (non-hydrogen) atoms. The first kappa shape index (κ1) is 16.8. The SMILES string of the molecule is COc1ccc(CCNC2CCC(c3ccc(O)cc3)CC2)cc1. The largest absolute Gasteiger partial charge is 0.508 e. The molecule has 0 atom stereocenters. The van der Waals surface area contributed by atoms with Crippen molar-refractivity contribution >= 4 is 0 Å². The third-order valence-electron chi connectivity index (χ3n) is 5.10. The zero-order valence-corrected chi connectivity index (χ0v) is 14.4. The topological polar surface area (TPSA) is 41.5 Å². The minimum atomic E-state index is 0.354. The number of methoxy groups -OCH3 is 1. The number of rotatable bonds is 6. The molecule has 0 aromatic heterocycles. The van der Waals surface area contributed by atoms with Crippen LogP contribution in [0.1, 0.15) is 42.7 Å². The Bertz CT molecular complexity index is 613. The number of phenols is 1. The van der Waals surface area contributed by atoms with Crippen LogP contribution in [0.4, 0.5) is 0 Å². The molecule has 1 aliphatic carbocycles. The van der Waals surface area contributed by atoms with E-state index in [9.17, 15) is 5.11 Å². The summed E-state index contributed by atoms with van der Waals surface area (Å²) in [6.45, 7) is 1.03. The summed E-state index contributed by atoms with van der Waals surface area (Å²) in [4.78, 5) is 0. The van der Waals surface area contributed by atoms with Crippen molar-refractivity contribution in [3.63, 3.8) is 0 Å². The van der Waals surface area contributed by atoms with E-state index in [0.717, 1.165) is 18.7 Å². The van der Waals surface area contributed by atoms with Gasteiger partial charge in [-0.15, -0.1) is 0 Å². The third kappa shape index (κ3) is 4.51. The average Bonchev–Trinajstić information content (AvgIpc) is 2.64. The van der Waals surface area contributed by atoms with E-state index in [1.54, 1.807) is 19.2 Å². The Kier molecular flexibility index (Phi) is 5.76. The van der Waals surface area contributed by atoms with Crippen molar-refractivity contribution in [2.75, 3.05) is 13.7 Å². The van der Waals surface area contributed by atoms with Gasteiger partial charge >= 0.3 is 0 Å². The third-order valence-corrected chi connectivity index (χ3v) is 5.10. The Morgan fingerprint density at radius 2 is 1.62 bits per heavy atom. The van der Waals surface area contributed by atoms with Crippen LogP contribution in [0.5, 0.6) is 11.5 Å². The number of aromatic hydroxyl groups is 1. The molecule has 3 nitrogen and oxygen atoms in total. The molecule has 1 fully saturated rings. The highest BCUT2D eigenvalue weighted by atomic mass is 16.5. The first-order chi connectivity index (χ1) is 11.7. The Morgan fingerprint density at radius 3 is 2.25 bits per heavy atom. The summed E-state index contributed by atoms with van der Waals surface area (Å²) < 4.78 is 5.19. The minimum Gasteiger partial charge on any atom is -0.508 e. The Morgan fingerprint density at radius 1 is 0.958 bits per heavy atom. The molecule has 0 saturated heterocycles. The van der Waals surface area contributed by atoms with Gasteiger partial charge in [0.15, 0.2) is 0 Å². The van der Waals surface area contributed by atoms with Gasteiger partial charge < -0.3 is 15.2 Å². The smallest absolute Gasteiger partial charge is 0.118 e. The fourth-order valence-corrected chi connectivity index (χ4v) is 3.59. The van der Waals surface area contributed by atoms with Gasteiger partial charge in [0.2, 0.25) is 0 Å². The van der Waals surface area contributed by atoms with E-state index in [1.807, 2.05) is 12.1 Å². The van der Waals surface area contributed by atoms with Crippen molar-refractivity contribution in [2.24, 2.45) is 0 Å². The summed E-state index contributed by atoms with van der Waals surface area (Å²) in [5.74, 6) is 1.91. The van der Waals surface area contributed by atoms with E-state index < -0.39 is 0 Å². The molecule has 0 spiro atoms. The second-order valence-electron chi connectivity index (χ2n) is 6.69. The fraction of sp³-hybridized carbons (Fsp3) is 0.429. The van der Waals surface area contributed by atoms with Crippen molar-refractivity contribution < 1.29 is 9.84 Å². The monoisotopic (exact) mass is 325 g/mol. The lowest BCUT2D eigenvalue weighted by Crippen LogP contribution is -2.34. The maximum atomic E-state index is 9.40. The predicted molar refractivity (Wildman–Crippen MR) is 97.8 cm³/mol. The van der Waals surface area contributed by atoms with Crippen molar-refractivity contribution in [2.45, 2.75) is 44.1 Å². The Hall–Kier alpha value is -2.00. The molecule has 2 aromatic carbocycles. The molecular formula is C21H27NO2. The van der Waals surface area contributed by atoms with E-state index in [1.165, 1.54) is 36.8 Å². The van der Waals surface area contributed by atoms with Crippen LogP contribution in [0, 0.1) is 0 Å². The summed E-state index contributed by atoms with van der Waals surface area (Å²) >= 11 is 0. The van der Waals surface area contributed by atoms with Crippen LogP contribution in [0.25, 0.3) is 0 Å². The number of nitrogens with one attached hydrogen (secondary N) is 1. The van der Waals surface area contributed by atoms with Crippen molar-refractivity contribution in [3.8, 4) is 11.5 Å². The number of phenolic OH excluding ortho intramolecular Hbond substituents is 1. The molecular weight excluding hydrogens is 298 g/mol. The van der Waals surface area contributed by atoms with E-state index in [0.29, 0.717) is 17.7 Å². The molecule has 0 aliphatic heterocycles. The standard InChI is InChI=1S/C21H27NO2/c1-24-21-12-2-16(3-13-21)14-15-22-19-8-4-17(5-9-19)18-6-10-20(23)11-7-18/h2-3,6-7,10-13,17,19,22-23H,4-5,8-9,14-15H2,1H3. The molecule has 1 saturated carbocycles. The predicted octanol–water partition coefficient (Wildman–Crippen LogP) is 4.26. The summed E-state index contributed by atoms with van der Waals surface area (Å²) in [5.41, 5.74) is 2.71. The van der Waals surface area contributed by atoms with Crippen molar-refractivity contribution in [1.82, 2.24) is 5.32 Å². The number of benzene rings is 2. The molecule has 3 heteroatoms. The normalized spacial score (nSPS) is 20.7. The number of hydrogen-bond donors (Lipinski definition) is 2. The van der Waals surface area contributed by atoms with Gasteiger partial charge in [0.1, 0.15) is 11.5 Å². The minimum absolute atomic E-state index is 0.354. The van der Waals surface area contributed by atoms with E-state index in [4.69, 9.17) is 4.74 Å². The highest BCUT2D eigenvalue weighted by molar-refractivity contribution is 5.29. The maximum Gasteiger partial charge on any atom is 0.118 e. The lowest BCUT2D eigenvalue weighted by molar-refractivity contribution is 0.344. The van der Waals surface area contributed by atoms with Crippen LogP contribution >= 0.6 is 0 Å². The zero-order valence-electron chi connectivity index (χ0n) is 14.4. The van der Waals surface area contributed by atoms with Crippen LogP contribution in [0.15, 0.2) is 48.5 Å². The Balaban J connectivity index is 1.39. The van der Waals surface area contributed by atoms with Crippen LogP contribution in [0.2, 0.25) is 0 Å². The molecule has 0 bridgehead atoms. The Labute approximate surface area is 144 Å². The first-order valence-electron chi connectivity index (χ1n) is 8.90. The van der Waals surface area contributed by atoms with Gasteiger partial charge in [-0.1, -0.05) is 24.3 Å². The fourth-order valence-electron chi connectivity index (χ4n) is 3.59. The van der Waals surface area contributed by atoms with E-state index in [2.05, 4.69) is 29.6 Å². The number of hydrogen-bond acceptors (Lipinski definition) is 3. The summed E-state index contributed by atoms with van der Waals surface area (Å²) in [6.07, 6.45) is 5.97. The summed E-state index contributed by atoms with van der Waals surface area (Å²) in [7, 11) is 1.70. The lowest BCUT2D eigenvalue weighted by Gasteiger charge is -2.29. The molecule has 1 aliphatic rings. The van der Waals surface area contributed by atoms with Gasteiger partial charge in [-0.05, 0) is 80.0 Å². The molecule has 0 heterocycles. The van der Waals surface area contributed by atoms with Crippen LogP contribution in [-0.2, 0) is 6.42 Å². The molecule has 128 valence electrons. The van der Waals surface area contributed by atoms with E-state index in [-0.39, 0.29) is 0 Å². The van der Waals surface area contributed by atoms with Gasteiger partial charge in [0.05, 0.1) is 7.11 Å². The summed E-state index contributed by atoms with van der Waals surface area (Å²) in [6, 6.07) is 16.7. The van der Waals surface area contributed by atoms with Crippen LogP contribution < -0.4 is 10.1 Å². The molecule has 0 amide bonds. The maximum absolute atomic E-state index is 9.40. The van der Waals surface area contributed by atoms with Gasteiger partial charge in [-0.2, -0.15) is 0 Å². The molecule has 2 aromatic rings. The van der Waals surface area contributed by atoms with Gasteiger partial charge in [0.25, 0.3) is 0 Å². The molecule has 3 rings (SSSR count). The van der Waals surface area contributed by atoms with Crippen molar-refractivity contribution in [1.29, 1.82) is 0 Å². The summed E-state index contributed by atoms with van der Waals surface area (Å²) in [5, 5.41) is 13.1. The molecule has 0 radical (unpaired) electrons. The highest BCUT2D eigenvalue weighted by Gasteiger charge is 2.21. The van der Waals surface area contributed by atoms with Crippen LogP contribution in [-0.4, -0.2) is 24.8 Å². The highest BCUT2D eigenvalue weighted by Crippen LogP contribution is 2.33. The van der Waals surface area contributed by atoms with Crippen LogP contribution in [0.3, 0.4) is 0 Å². The van der Waals surface area contributed by atoms with Gasteiger partial charge in [-0.25, -0.2) is 0 Å². The van der Waals surface area contributed by atoms with Crippen molar-refractivity contribution in [3.05, 3.63) is 59.7 Å². The van der Waals surface area contributed by atoms with Gasteiger partial charge in [-0.3, -0.25) is 0 Å².